The van der Waals surface area contributed by atoms with E-state index in [9.17, 15) is 4.79 Å². The second-order valence-corrected chi connectivity index (χ2v) is 6.25. The van der Waals surface area contributed by atoms with Gasteiger partial charge in [-0.3, -0.25) is 4.79 Å². The van der Waals surface area contributed by atoms with Crippen LogP contribution in [0.2, 0.25) is 0 Å². The van der Waals surface area contributed by atoms with Crippen LogP contribution < -0.4 is 10.3 Å². The molecule has 0 bridgehead atoms. The van der Waals surface area contributed by atoms with Crippen LogP contribution in [0.1, 0.15) is 39.3 Å². The van der Waals surface area contributed by atoms with Crippen molar-refractivity contribution in [1.82, 2.24) is 9.97 Å². The van der Waals surface area contributed by atoms with Gasteiger partial charge in [-0.1, -0.05) is 13.8 Å². The van der Waals surface area contributed by atoms with Gasteiger partial charge >= 0.3 is 0 Å². The molecule has 0 unspecified atom stereocenters. The van der Waals surface area contributed by atoms with Crippen molar-refractivity contribution >= 4 is 15.9 Å². The van der Waals surface area contributed by atoms with Gasteiger partial charge in [0.1, 0.15) is 16.0 Å². The fourth-order valence-electron chi connectivity index (χ4n) is 1.96. The first-order valence-corrected chi connectivity index (χ1v) is 7.74. The molecule has 0 aliphatic heterocycles. The zero-order valence-corrected chi connectivity index (χ0v) is 14.2. The minimum Gasteiger partial charge on any atom is -0.491 e. The van der Waals surface area contributed by atoms with Crippen molar-refractivity contribution in [2.24, 2.45) is 0 Å². The van der Waals surface area contributed by atoms with Crippen LogP contribution in [0.4, 0.5) is 0 Å². The molecule has 0 saturated carbocycles. The lowest BCUT2D eigenvalue weighted by atomic mass is 10.1. The van der Waals surface area contributed by atoms with Gasteiger partial charge in [-0.15, -0.1) is 0 Å². The van der Waals surface area contributed by atoms with Crippen molar-refractivity contribution in [2.75, 3.05) is 0 Å². The monoisotopic (exact) mass is 350 g/mol. The van der Waals surface area contributed by atoms with Gasteiger partial charge in [-0.2, -0.15) is 0 Å². The first-order valence-electron chi connectivity index (χ1n) is 6.95. The minimum atomic E-state index is -0.161. The van der Waals surface area contributed by atoms with Crippen LogP contribution in [-0.2, 0) is 0 Å². The third kappa shape index (κ3) is 3.73. The van der Waals surface area contributed by atoms with Crippen LogP contribution in [0, 0.1) is 0 Å². The average molecular weight is 351 g/mol. The molecule has 0 radical (unpaired) electrons. The van der Waals surface area contributed by atoms with E-state index in [1.165, 1.54) is 0 Å². The summed E-state index contributed by atoms with van der Waals surface area (Å²) in [6, 6.07) is 7.56. The van der Waals surface area contributed by atoms with Crippen molar-refractivity contribution in [3.05, 3.63) is 44.8 Å². The number of hydrogen-bond donors (Lipinski definition) is 1. The SMILES string of the molecule is CC(C)Oc1ccc(-c2nc(C(C)C)c(Br)c(=O)[nH]2)cc1. The molecule has 5 heteroatoms. The Labute approximate surface area is 132 Å². The Hall–Kier alpha value is -1.62. The molecule has 0 aliphatic carbocycles. The standard InChI is InChI=1S/C16H19BrN2O2/c1-9(2)14-13(17)16(20)19-15(18-14)11-5-7-12(8-6-11)21-10(3)4/h5-10H,1-4H3,(H,18,19,20). The summed E-state index contributed by atoms with van der Waals surface area (Å²) in [5, 5.41) is 0. The normalized spacial score (nSPS) is 11.2. The van der Waals surface area contributed by atoms with E-state index in [-0.39, 0.29) is 17.6 Å². The smallest absolute Gasteiger partial charge is 0.265 e. The number of rotatable bonds is 4. The molecule has 0 aliphatic rings. The second-order valence-electron chi connectivity index (χ2n) is 5.46. The molecule has 0 fully saturated rings. The predicted octanol–water partition coefficient (Wildman–Crippen LogP) is 4.11. The molecule has 21 heavy (non-hydrogen) atoms. The Bertz CT molecular complexity index is 676. The van der Waals surface area contributed by atoms with E-state index in [1.54, 1.807) is 0 Å². The third-order valence-electron chi connectivity index (χ3n) is 2.93. The van der Waals surface area contributed by atoms with Crippen molar-refractivity contribution in [3.8, 4) is 17.1 Å². The van der Waals surface area contributed by atoms with Gasteiger partial charge in [0, 0.05) is 5.56 Å². The highest BCUT2D eigenvalue weighted by Gasteiger charge is 2.13. The third-order valence-corrected chi connectivity index (χ3v) is 3.70. The molecular weight excluding hydrogens is 332 g/mol. The highest BCUT2D eigenvalue weighted by atomic mass is 79.9. The summed E-state index contributed by atoms with van der Waals surface area (Å²) < 4.78 is 6.11. The minimum absolute atomic E-state index is 0.133. The molecule has 0 saturated heterocycles. The summed E-state index contributed by atoms with van der Waals surface area (Å²) in [6.45, 7) is 7.99. The zero-order chi connectivity index (χ0) is 15.6. The molecular formula is C16H19BrN2O2. The lowest BCUT2D eigenvalue weighted by Gasteiger charge is -2.11. The lowest BCUT2D eigenvalue weighted by Crippen LogP contribution is -2.14. The molecule has 0 amide bonds. The first-order chi connectivity index (χ1) is 9.88. The lowest BCUT2D eigenvalue weighted by molar-refractivity contribution is 0.242. The summed E-state index contributed by atoms with van der Waals surface area (Å²) in [7, 11) is 0. The molecule has 2 aromatic rings. The highest BCUT2D eigenvalue weighted by Crippen LogP contribution is 2.24. The van der Waals surface area contributed by atoms with Gasteiger partial charge in [-0.25, -0.2) is 4.98 Å². The van der Waals surface area contributed by atoms with Crippen LogP contribution in [-0.4, -0.2) is 16.1 Å². The summed E-state index contributed by atoms with van der Waals surface area (Å²) >= 11 is 3.30. The number of ether oxygens (including phenoxy) is 1. The van der Waals surface area contributed by atoms with Gasteiger partial charge in [0.05, 0.1) is 11.8 Å². The molecule has 1 heterocycles. The largest absolute Gasteiger partial charge is 0.491 e. The summed E-state index contributed by atoms with van der Waals surface area (Å²) in [4.78, 5) is 19.3. The van der Waals surface area contributed by atoms with E-state index in [1.807, 2.05) is 52.0 Å². The average Bonchev–Trinajstić information content (AvgIpc) is 2.41. The van der Waals surface area contributed by atoms with Gasteiger partial charge in [0.2, 0.25) is 0 Å². The number of nitrogens with zero attached hydrogens (tertiary/aromatic N) is 1. The van der Waals surface area contributed by atoms with Crippen LogP contribution in [0.5, 0.6) is 5.75 Å². The van der Waals surface area contributed by atoms with Crippen molar-refractivity contribution in [3.63, 3.8) is 0 Å². The van der Waals surface area contributed by atoms with E-state index in [0.29, 0.717) is 10.3 Å². The van der Waals surface area contributed by atoms with Gasteiger partial charge in [0.15, 0.2) is 0 Å². The van der Waals surface area contributed by atoms with Gasteiger partial charge in [0.25, 0.3) is 5.56 Å². The summed E-state index contributed by atoms with van der Waals surface area (Å²) in [5.41, 5.74) is 1.46. The number of nitrogens with one attached hydrogen (secondary N) is 1. The van der Waals surface area contributed by atoms with Crippen molar-refractivity contribution < 1.29 is 4.74 Å². The van der Waals surface area contributed by atoms with E-state index in [0.717, 1.165) is 17.0 Å². The highest BCUT2D eigenvalue weighted by molar-refractivity contribution is 9.10. The van der Waals surface area contributed by atoms with Crippen LogP contribution in [0.25, 0.3) is 11.4 Å². The number of benzene rings is 1. The van der Waals surface area contributed by atoms with Gasteiger partial charge < -0.3 is 9.72 Å². The van der Waals surface area contributed by atoms with Crippen LogP contribution >= 0.6 is 15.9 Å². The molecule has 2 rings (SSSR count). The van der Waals surface area contributed by atoms with E-state index in [4.69, 9.17) is 4.74 Å². The molecule has 1 N–H and O–H groups in total. The number of aromatic nitrogens is 2. The Morgan fingerprint density at radius 3 is 2.29 bits per heavy atom. The molecule has 112 valence electrons. The van der Waals surface area contributed by atoms with Gasteiger partial charge in [-0.05, 0) is 60.0 Å². The van der Waals surface area contributed by atoms with Crippen LogP contribution in [0.15, 0.2) is 33.5 Å². The zero-order valence-electron chi connectivity index (χ0n) is 12.6. The second kappa shape index (κ2) is 6.43. The quantitative estimate of drug-likeness (QED) is 0.902. The molecule has 1 aromatic carbocycles. The Balaban J connectivity index is 2.40. The Kier molecular flexibility index (Phi) is 4.83. The van der Waals surface area contributed by atoms with E-state index in [2.05, 4.69) is 25.9 Å². The molecule has 1 aromatic heterocycles. The summed E-state index contributed by atoms with van der Waals surface area (Å²) in [5.74, 6) is 1.55. The number of aromatic amines is 1. The maximum atomic E-state index is 12.0. The molecule has 0 spiro atoms. The number of hydrogen-bond acceptors (Lipinski definition) is 3. The van der Waals surface area contributed by atoms with E-state index < -0.39 is 0 Å². The molecule has 0 atom stereocenters. The maximum absolute atomic E-state index is 12.0. The Morgan fingerprint density at radius 2 is 1.76 bits per heavy atom. The maximum Gasteiger partial charge on any atom is 0.265 e. The summed E-state index contributed by atoms with van der Waals surface area (Å²) in [6.07, 6.45) is 0.133. The van der Waals surface area contributed by atoms with Crippen molar-refractivity contribution in [2.45, 2.75) is 39.7 Å². The topological polar surface area (TPSA) is 55.0 Å². The predicted molar refractivity (Wildman–Crippen MR) is 87.8 cm³/mol. The molecule has 4 nitrogen and oxygen atoms in total. The number of H-pyrrole nitrogens is 1. The van der Waals surface area contributed by atoms with Crippen LogP contribution in [0.3, 0.4) is 0 Å². The Morgan fingerprint density at radius 1 is 1.14 bits per heavy atom. The fraction of sp³-hybridized carbons (Fsp3) is 0.375. The first kappa shape index (κ1) is 15.8. The van der Waals surface area contributed by atoms with E-state index >= 15 is 0 Å². The number of halogens is 1. The van der Waals surface area contributed by atoms with Crippen molar-refractivity contribution in [1.29, 1.82) is 0 Å². The fourth-order valence-corrected chi connectivity index (χ4v) is 2.60.